The topological polar surface area (TPSA) is 42.2 Å². The van der Waals surface area contributed by atoms with Crippen molar-refractivity contribution in [2.75, 3.05) is 5.88 Å². The molecule has 1 aromatic heterocycles. The minimum atomic E-state index is -0.161. The summed E-state index contributed by atoms with van der Waals surface area (Å²) in [5.41, 5.74) is 0.853. The summed E-state index contributed by atoms with van der Waals surface area (Å²) in [7, 11) is 0. The lowest BCUT2D eigenvalue weighted by Gasteiger charge is -2.20. The van der Waals surface area contributed by atoms with Crippen molar-refractivity contribution in [1.82, 2.24) is 5.32 Å². The number of nitrogens with one attached hydrogen (secondary N) is 1. The van der Waals surface area contributed by atoms with Gasteiger partial charge in [0.1, 0.15) is 0 Å². The van der Waals surface area contributed by atoms with Crippen LogP contribution in [0.3, 0.4) is 0 Å². The molecule has 1 heterocycles. The van der Waals surface area contributed by atoms with Gasteiger partial charge in [0.2, 0.25) is 0 Å². The van der Waals surface area contributed by atoms with Crippen molar-refractivity contribution in [3.05, 3.63) is 23.7 Å². The second kappa shape index (κ2) is 5.94. The van der Waals surface area contributed by atoms with Crippen molar-refractivity contribution in [3.8, 4) is 0 Å². The van der Waals surface area contributed by atoms with Crippen LogP contribution in [0.2, 0.25) is 0 Å². The molecule has 0 aromatic carbocycles. The van der Waals surface area contributed by atoms with E-state index in [1.165, 1.54) is 6.26 Å². The average molecular weight is 244 g/mol. The quantitative estimate of drug-likeness (QED) is 0.808. The number of aryl methyl sites for hydroxylation is 1. The highest BCUT2D eigenvalue weighted by Crippen LogP contribution is 2.12. The second-order valence-electron chi connectivity index (χ2n) is 4.23. The maximum Gasteiger partial charge on any atom is 0.287 e. The van der Waals surface area contributed by atoms with E-state index < -0.39 is 0 Å². The van der Waals surface area contributed by atoms with Gasteiger partial charge in [-0.15, -0.1) is 11.6 Å². The van der Waals surface area contributed by atoms with Gasteiger partial charge in [0, 0.05) is 17.5 Å². The van der Waals surface area contributed by atoms with Gasteiger partial charge in [-0.25, -0.2) is 0 Å². The van der Waals surface area contributed by atoms with Gasteiger partial charge in [-0.3, -0.25) is 4.79 Å². The molecule has 1 atom stereocenters. The zero-order valence-corrected chi connectivity index (χ0v) is 10.7. The van der Waals surface area contributed by atoms with E-state index in [4.69, 9.17) is 16.0 Å². The summed E-state index contributed by atoms with van der Waals surface area (Å²) in [6, 6.07) is 1.87. The number of rotatable bonds is 5. The summed E-state index contributed by atoms with van der Waals surface area (Å²) >= 11 is 5.71. The molecule has 90 valence electrons. The van der Waals surface area contributed by atoms with Crippen LogP contribution in [0.25, 0.3) is 0 Å². The van der Waals surface area contributed by atoms with E-state index in [1.54, 1.807) is 6.07 Å². The fourth-order valence-electron chi connectivity index (χ4n) is 1.53. The van der Waals surface area contributed by atoms with Crippen molar-refractivity contribution >= 4 is 17.5 Å². The Balaban J connectivity index is 2.65. The van der Waals surface area contributed by atoms with Gasteiger partial charge in [-0.1, -0.05) is 13.8 Å². The SMILES string of the molecule is Cc1ccoc1C(=O)NC(CCCl)C(C)C. The first kappa shape index (κ1) is 13.1. The highest BCUT2D eigenvalue weighted by atomic mass is 35.5. The van der Waals surface area contributed by atoms with Crippen LogP contribution < -0.4 is 5.32 Å². The van der Waals surface area contributed by atoms with Crippen molar-refractivity contribution in [2.45, 2.75) is 33.2 Å². The molecule has 1 rings (SSSR count). The summed E-state index contributed by atoms with van der Waals surface area (Å²) in [5, 5.41) is 2.94. The van der Waals surface area contributed by atoms with Crippen LogP contribution >= 0.6 is 11.6 Å². The Labute approximate surface area is 101 Å². The van der Waals surface area contributed by atoms with Crippen LogP contribution in [0.1, 0.15) is 36.4 Å². The standard InChI is InChI=1S/C12H18ClNO2/c1-8(2)10(4-6-13)14-12(15)11-9(3)5-7-16-11/h5,7-8,10H,4,6H2,1-3H3,(H,14,15). The molecule has 0 aliphatic carbocycles. The summed E-state index contributed by atoms with van der Waals surface area (Å²) in [6.45, 7) is 5.98. The molecule has 4 heteroatoms. The molecular formula is C12H18ClNO2. The van der Waals surface area contributed by atoms with E-state index >= 15 is 0 Å². The zero-order valence-electron chi connectivity index (χ0n) is 9.92. The molecular weight excluding hydrogens is 226 g/mol. The summed E-state index contributed by atoms with van der Waals surface area (Å²) in [6.07, 6.45) is 2.29. The molecule has 0 bridgehead atoms. The molecule has 1 aromatic rings. The highest BCUT2D eigenvalue weighted by Gasteiger charge is 2.19. The molecule has 1 amide bonds. The van der Waals surface area contributed by atoms with E-state index in [2.05, 4.69) is 19.2 Å². The van der Waals surface area contributed by atoms with Gasteiger partial charge in [-0.2, -0.15) is 0 Å². The third-order valence-corrected chi connectivity index (χ3v) is 2.83. The predicted molar refractivity (Wildman–Crippen MR) is 64.9 cm³/mol. The van der Waals surface area contributed by atoms with Crippen molar-refractivity contribution in [1.29, 1.82) is 0 Å². The average Bonchev–Trinajstić information content (AvgIpc) is 2.63. The Morgan fingerprint density at radius 2 is 2.25 bits per heavy atom. The number of carbonyl (C=O) groups excluding carboxylic acids is 1. The normalized spacial score (nSPS) is 12.8. The van der Waals surface area contributed by atoms with Crippen LogP contribution in [0, 0.1) is 12.8 Å². The minimum absolute atomic E-state index is 0.0921. The van der Waals surface area contributed by atoms with Crippen molar-refractivity contribution in [3.63, 3.8) is 0 Å². The fraction of sp³-hybridized carbons (Fsp3) is 0.583. The summed E-state index contributed by atoms with van der Waals surface area (Å²) < 4.78 is 5.14. The molecule has 0 aliphatic rings. The van der Waals surface area contributed by atoms with E-state index in [0.29, 0.717) is 17.6 Å². The molecule has 0 saturated carbocycles. The van der Waals surface area contributed by atoms with E-state index in [1.807, 2.05) is 6.92 Å². The monoisotopic (exact) mass is 243 g/mol. The number of hydrogen-bond acceptors (Lipinski definition) is 2. The minimum Gasteiger partial charge on any atom is -0.459 e. The van der Waals surface area contributed by atoms with E-state index in [9.17, 15) is 4.79 Å². The van der Waals surface area contributed by atoms with Gasteiger partial charge in [0.05, 0.1) is 6.26 Å². The molecule has 1 N–H and O–H groups in total. The van der Waals surface area contributed by atoms with Gasteiger partial charge in [0.15, 0.2) is 5.76 Å². The Morgan fingerprint density at radius 3 is 2.69 bits per heavy atom. The molecule has 0 aliphatic heterocycles. The van der Waals surface area contributed by atoms with Crippen LogP contribution in [0.5, 0.6) is 0 Å². The van der Waals surface area contributed by atoms with Crippen molar-refractivity contribution in [2.24, 2.45) is 5.92 Å². The van der Waals surface area contributed by atoms with E-state index in [0.717, 1.165) is 12.0 Å². The lowest BCUT2D eigenvalue weighted by molar-refractivity contribution is 0.0896. The van der Waals surface area contributed by atoms with Crippen LogP contribution in [-0.2, 0) is 0 Å². The first-order valence-electron chi connectivity index (χ1n) is 5.47. The Kier molecular flexibility index (Phi) is 4.87. The van der Waals surface area contributed by atoms with Gasteiger partial charge >= 0.3 is 0 Å². The largest absolute Gasteiger partial charge is 0.459 e. The second-order valence-corrected chi connectivity index (χ2v) is 4.61. The maximum atomic E-state index is 11.9. The lowest BCUT2D eigenvalue weighted by atomic mass is 10.0. The van der Waals surface area contributed by atoms with Gasteiger partial charge < -0.3 is 9.73 Å². The number of furan rings is 1. The van der Waals surface area contributed by atoms with Crippen LogP contribution in [0.15, 0.2) is 16.7 Å². The number of amides is 1. The van der Waals surface area contributed by atoms with Crippen molar-refractivity contribution < 1.29 is 9.21 Å². The number of halogens is 1. The number of alkyl halides is 1. The first-order chi connectivity index (χ1) is 7.56. The first-order valence-corrected chi connectivity index (χ1v) is 6.00. The summed E-state index contributed by atoms with van der Waals surface area (Å²) in [4.78, 5) is 11.9. The third kappa shape index (κ3) is 3.27. The fourth-order valence-corrected chi connectivity index (χ4v) is 1.76. The molecule has 0 saturated heterocycles. The molecule has 3 nitrogen and oxygen atoms in total. The molecule has 0 fully saturated rings. The van der Waals surface area contributed by atoms with Crippen LogP contribution in [0.4, 0.5) is 0 Å². The maximum absolute atomic E-state index is 11.9. The summed E-state index contributed by atoms with van der Waals surface area (Å²) in [5.74, 6) is 1.13. The van der Waals surface area contributed by atoms with Gasteiger partial charge in [0.25, 0.3) is 5.91 Å². The highest BCUT2D eigenvalue weighted by molar-refractivity contribution is 6.17. The molecule has 0 radical (unpaired) electrons. The third-order valence-electron chi connectivity index (χ3n) is 2.61. The number of hydrogen-bond donors (Lipinski definition) is 1. The Hall–Kier alpha value is -0.960. The lowest BCUT2D eigenvalue weighted by Crippen LogP contribution is -2.38. The Morgan fingerprint density at radius 1 is 1.56 bits per heavy atom. The molecule has 16 heavy (non-hydrogen) atoms. The zero-order chi connectivity index (χ0) is 12.1. The predicted octanol–water partition coefficient (Wildman–Crippen LogP) is 2.97. The molecule has 1 unspecified atom stereocenters. The number of carbonyl (C=O) groups is 1. The van der Waals surface area contributed by atoms with Crippen LogP contribution in [-0.4, -0.2) is 17.8 Å². The Bertz CT molecular complexity index is 347. The van der Waals surface area contributed by atoms with E-state index in [-0.39, 0.29) is 11.9 Å². The molecule has 0 spiro atoms. The van der Waals surface area contributed by atoms with Gasteiger partial charge in [-0.05, 0) is 25.3 Å². The smallest absolute Gasteiger partial charge is 0.287 e.